The Labute approximate surface area is 121 Å². The molecule has 5 nitrogen and oxygen atoms in total. The van der Waals surface area contributed by atoms with Crippen LogP contribution in [0.15, 0.2) is 6.33 Å². The molecular formula is C15H26N4O. The highest BCUT2D eigenvalue weighted by Crippen LogP contribution is 2.32. The molecule has 0 amide bonds. The fourth-order valence-corrected chi connectivity index (χ4v) is 2.48. The third-order valence-electron chi connectivity index (χ3n) is 3.64. The number of hydrogen-bond donors (Lipinski definition) is 2. The summed E-state index contributed by atoms with van der Waals surface area (Å²) in [4.78, 5) is 8.86. The molecule has 1 unspecified atom stereocenters. The normalized spacial score (nSPS) is 22.2. The van der Waals surface area contributed by atoms with Gasteiger partial charge in [-0.25, -0.2) is 9.97 Å². The predicted molar refractivity (Wildman–Crippen MR) is 82.4 cm³/mol. The van der Waals surface area contributed by atoms with E-state index in [4.69, 9.17) is 4.74 Å². The number of anilines is 2. The van der Waals surface area contributed by atoms with Crippen molar-refractivity contribution >= 4 is 11.6 Å². The van der Waals surface area contributed by atoms with E-state index in [0.29, 0.717) is 5.92 Å². The van der Waals surface area contributed by atoms with Crippen LogP contribution in [0, 0.1) is 0 Å². The van der Waals surface area contributed by atoms with Crippen LogP contribution in [0.3, 0.4) is 0 Å². The standard InChI is InChI=1S/C15H26N4O/c1-5-7-16-13-12(11(2)3)14(18-10-17-13)19-15(4)6-8-20-9-15/h10-11H,5-9H2,1-4H3,(H2,16,17,18,19). The van der Waals surface area contributed by atoms with Gasteiger partial charge in [0.05, 0.1) is 12.1 Å². The summed E-state index contributed by atoms with van der Waals surface area (Å²) in [7, 11) is 0. The molecule has 1 fully saturated rings. The van der Waals surface area contributed by atoms with E-state index >= 15 is 0 Å². The highest BCUT2D eigenvalue weighted by atomic mass is 16.5. The van der Waals surface area contributed by atoms with E-state index in [1.807, 2.05) is 0 Å². The van der Waals surface area contributed by atoms with Crippen molar-refractivity contribution in [3.63, 3.8) is 0 Å². The molecule has 1 aromatic rings. The van der Waals surface area contributed by atoms with E-state index in [1.165, 1.54) is 0 Å². The average Bonchev–Trinajstić information content (AvgIpc) is 2.82. The Hall–Kier alpha value is -1.36. The molecule has 1 aliphatic heterocycles. The number of nitrogens with zero attached hydrogens (tertiary/aromatic N) is 2. The van der Waals surface area contributed by atoms with Crippen LogP contribution in [0.2, 0.25) is 0 Å². The van der Waals surface area contributed by atoms with E-state index < -0.39 is 0 Å². The second kappa shape index (κ2) is 6.39. The molecule has 0 radical (unpaired) electrons. The molecule has 0 spiro atoms. The van der Waals surface area contributed by atoms with Gasteiger partial charge in [0.1, 0.15) is 18.0 Å². The van der Waals surface area contributed by atoms with Crippen LogP contribution < -0.4 is 10.6 Å². The smallest absolute Gasteiger partial charge is 0.135 e. The van der Waals surface area contributed by atoms with Gasteiger partial charge in [-0.1, -0.05) is 20.8 Å². The first-order valence-electron chi connectivity index (χ1n) is 7.50. The largest absolute Gasteiger partial charge is 0.379 e. The quantitative estimate of drug-likeness (QED) is 0.837. The van der Waals surface area contributed by atoms with Crippen LogP contribution in [-0.2, 0) is 4.74 Å². The Morgan fingerprint density at radius 3 is 2.70 bits per heavy atom. The lowest BCUT2D eigenvalue weighted by atomic mass is 9.99. The first-order chi connectivity index (χ1) is 9.56. The van der Waals surface area contributed by atoms with Crippen LogP contribution in [0.25, 0.3) is 0 Å². The van der Waals surface area contributed by atoms with Gasteiger partial charge < -0.3 is 15.4 Å². The van der Waals surface area contributed by atoms with Crippen molar-refractivity contribution in [2.75, 3.05) is 30.4 Å². The molecule has 0 bridgehead atoms. The second-order valence-corrected chi connectivity index (χ2v) is 6.05. The van der Waals surface area contributed by atoms with Crippen molar-refractivity contribution in [3.05, 3.63) is 11.9 Å². The van der Waals surface area contributed by atoms with Gasteiger partial charge in [-0.15, -0.1) is 0 Å². The molecule has 0 aliphatic carbocycles. The molecule has 1 saturated heterocycles. The molecule has 0 saturated carbocycles. The molecule has 1 aromatic heterocycles. The van der Waals surface area contributed by atoms with Crippen LogP contribution in [-0.4, -0.2) is 35.3 Å². The van der Waals surface area contributed by atoms with E-state index in [1.54, 1.807) is 6.33 Å². The molecule has 0 aromatic carbocycles. The summed E-state index contributed by atoms with van der Waals surface area (Å²) < 4.78 is 5.51. The molecular weight excluding hydrogens is 252 g/mol. The summed E-state index contributed by atoms with van der Waals surface area (Å²) in [6.07, 6.45) is 3.72. The summed E-state index contributed by atoms with van der Waals surface area (Å²) in [5, 5.41) is 6.97. The fraction of sp³-hybridized carbons (Fsp3) is 0.733. The number of ether oxygens (including phenoxy) is 1. The van der Waals surface area contributed by atoms with Gasteiger partial charge in [-0.3, -0.25) is 0 Å². The van der Waals surface area contributed by atoms with Gasteiger partial charge in [0.25, 0.3) is 0 Å². The summed E-state index contributed by atoms with van der Waals surface area (Å²) in [5.74, 6) is 2.24. The number of rotatable bonds is 6. The summed E-state index contributed by atoms with van der Waals surface area (Å²) >= 11 is 0. The molecule has 2 heterocycles. The van der Waals surface area contributed by atoms with E-state index in [-0.39, 0.29) is 5.54 Å². The van der Waals surface area contributed by atoms with Gasteiger partial charge in [0.15, 0.2) is 0 Å². The van der Waals surface area contributed by atoms with Crippen molar-refractivity contribution in [3.8, 4) is 0 Å². The maximum absolute atomic E-state index is 5.51. The van der Waals surface area contributed by atoms with Crippen LogP contribution in [0.4, 0.5) is 11.6 Å². The third-order valence-corrected chi connectivity index (χ3v) is 3.64. The van der Waals surface area contributed by atoms with E-state index in [2.05, 4.69) is 48.3 Å². The lowest BCUT2D eigenvalue weighted by Gasteiger charge is -2.27. The zero-order chi connectivity index (χ0) is 14.6. The Kier molecular flexibility index (Phi) is 4.81. The number of aromatic nitrogens is 2. The monoisotopic (exact) mass is 278 g/mol. The summed E-state index contributed by atoms with van der Waals surface area (Å²) in [5.41, 5.74) is 1.13. The topological polar surface area (TPSA) is 59.1 Å². The van der Waals surface area contributed by atoms with Gasteiger partial charge in [-0.05, 0) is 25.7 Å². The van der Waals surface area contributed by atoms with Crippen LogP contribution in [0.1, 0.15) is 52.0 Å². The molecule has 2 N–H and O–H groups in total. The first kappa shape index (κ1) is 15.0. The second-order valence-electron chi connectivity index (χ2n) is 6.05. The highest BCUT2D eigenvalue weighted by molar-refractivity contribution is 5.60. The molecule has 20 heavy (non-hydrogen) atoms. The van der Waals surface area contributed by atoms with Crippen molar-refractivity contribution in [2.24, 2.45) is 0 Å². The van der Waals surface area contributed by atoms with Crippen molar-refractivity contribution in [2.45, 2.75) is 52.0 Å². The lowest BCUT2D eigenvalue weighted by Crippen LogP contribution is -2.36. The zero-order valence-corrected chi connectivity index (χ0v) is 13.0. The molecule has 1 atom stereocenters. The first-order valence-corrected chi connectivity index (χ1v) is 7.50. The lowest BCUT2D eigenvalue weighted by molar-refractivity contribution is 0.185. The van der Waals surface area contributed by atoms with Gasteiger partial charge in [0, 0.05) is 18.7 Å². The predicted octanol–water partition coefficient (Wildman–Crippen LogP) is 3.01. The van der Waals surface area contributed by atoms with Crippen molar-refractivity contribution in [1.29, 1.82) is 0 Å². The maximum atomic E-state index is 5.51. The molecule has 112 valence electrons. The number of nitrogens with one attached hydrogen (secondary N) is 2. The van der Waals surface area contributed by atoms with E-state index in [0.717, 1.165) is 49.8 Å². The van der Waals surface area contributed by atoms with Gasteiger partial charge in [0.2, 0.25) is 0 Å². The summed E-state index contributed by atoms with van der Waals surface area (Å²) in [6.45, 7) is 11.2. The van der Waals surface area contributed by atoms with Crippen molar-refractivity contribution < 1.29 is 4.74 Å². The fourth-order valence-electron chi connectivity index (χ4n) is 2.48. The average molecular weight is 278 g/mol. The Balaban J connectivity index is 2.26. The third kappa shape index (κ3) is 3.39. The molecule has 5 heteroatoms. The minimum absolute atomic E-state index is 0.0278. The minimum Gasteiger partial charge on any atom is -0.379 e. The maximum Gasteiger partial charge on any atom is 0.135 e. The minimum atomic E-state index is -0.0278. The SMILES string of the molecule is CCCNc1ncnc(NC2(C)CCOC2)c1C(C)C. The Morgan fingerprint density at radius 2 is 2.10 bits per heavy atom. The summed E-state index contributed by atoms with van der Waals surface area (Å²) in [6, 6.07) is 0. The zero-order valence-electron chi connectivity index (χ0n) is 13.0. The van der Waals surface area contributed by atoms with Gasteiger partial charge >= 0.3 is 0 Å². The van der Waals surface area contributed by atoms with Gasteiger partial charge in [-0.2, -0.15) is 0 Å². The Morgan fingerprint density at radius 1 is 1.35 bits per heavy atom. The van der Waals surface area contributed by atoms with Crippen molar-refractivity contribution in [1.82, 2.24) is 9.97 Å². The van der Waals surface area contributed by atoms with E-state index in [9.17, 15) is 0 Å². The Bertz CT molecular complexity index is 441. The molecule has 2 rings (SSSR count). The highest BCUT2D eigenvalue weighted by Gasteiger charge is 2.31. The number of hydrogen-bond acceptors (Lipinski definition) is 5. The molecule has 1 aliphatic rings. The van der Waals surface area contributed by atoms with Crippen LogP contribution >= 0.6 is 0 Å². The van der Waals surface area contributed by atoms with Crippen LogP contribution in [0.5, 0.6) is 0 Å².